The Bertz CT molecular complexity index is 1190. The van der Waals surface area contributed by atoms with E-state index >= 15 is 0 Å². The van der Waals surface area contributed by atoms with E-state index in [1.54, 1.807) is 18.2 Å². The van der Waals surface area contributed by atoms with Gasteiger partial charge in [0.25, 0.3) is 0 Å². The molecule has 2 heterocycles. The van der Waals surface area contributed by atoms with Crippen LogP contribution in [0, 0.1) is 0 Å². The van der Waals surface area contributed by atoms with Crippen molar-refractivity contribution in [2.75, 3.05) is 16.0 Å². The minimum Gasteiger partial charge on any atom is -0.308 e. The molecule has 0 saturated heterocycles. The maximum Gasteiger partial charge on any atom is 0.325 e. The van der Waals surface area contributed by atoms with Crippen molar-refractivity contribution in [3.63, 3.8) is 0 Å². The first-order valence-corrected chi connectivity index (χ1v) is 11.1. The van der Waals surface area contributed by atoms with Crippen molar-refractivity contribution in [3.8, 4) is 0 Å². The number of anilines is 3. The number of halogens is 1. The molecule has 2 aromatic heterocycles. The Morgan fingerprint density at radius 2 is 1.80 bits per heavy atom. The Kier molecular flexibility index (Phi) is 6.22. The standard InChI is InChI=1S/C20H16ClN5O2S2/c21-12-6-8-15-16(10-12)30-20(24-15)25-17(27)9-7-14-11-29-19(23-14)26-18(28)22-13-4-2-1-3-5-13/h1-6,8,10-11H,7,9H2,(H,24,25,27)(H2,22,23,26,28). The van der Waals surface area contributed by atoms with Gasteiger partial charge in [-0.05, 0) is 36.8 Å². The summed E-state index contributed by atoms with van der Waals surface area (Å²) in [6.07, 6.45) is 0.719. The summed E-state index contributed by atoms with van der Waals surface area (Å²) in [7, 11) is 0. The summed E-state index contributed by atoms with van der Waals surface area (Å²) < 4.78 is 0.918. The van der Waals surface area contributed by atoms with Crippen molar-refractivity contribution < 1.29 is 9.59 Å². The molecule has 2 aromatic carbocycles. The Morgan fingerprint density at radius 3 is 2.63 bits per heavy atom. The van der Waals surface area contributed by atoms with Crippen LogP contribution in [0.15, 0.2) is 53.9 Å². The topological polar surface area (TPSA) is 96.0 Å². The number of thiazole rings is 2. The highest BCUT2D eigenvalue weighted by Crippen LogP contribution is 2.28. The molecule has 0 saturated carbocycles. The molecule has 0 aliphatic heterocycles. The van der Waals surface area contributed by atoms with Crippen molar-refractivity contribution >= 4 is 72.4 Å². The second kappa shape index (κ2) is 9.21. The first kappa shape index (κ1) is 20.3. The number of rotatable bonds is 6. The largest absolute Gasteiger partial charge is 0.325 e. The fourth-order valence-corrected chi connectivity index (χ4v) is 4.53. The molecule has 4 rings (SSSR count). The number of aryl methyl sites for hydroxylation is 1. The van der Waals surface area contributed by atoms with Crippen LogP contribution in [0.5, 0.6) is 0 Å². The van der Waals surface area contributed by atoms with Crippen molar-refractivity contribution in [3.05, 3.63) is 64.6 Å². The molecule has 0 radical (unpaired) electrons. The summed E-state index contributed by atoms with van der Waals surface area (Å²) >= 11 is 8.67. The monoisotopic (exact) mass is 457 g/mol. The van der Waals surface area contributed by atoms with Gasteiger partial charge in [0.15, 0.2) is 10.3 Å². The molecule has 0 fully saturated rings. The molecule has 7 nitrogen and oxygen atoms in total. The third-order valence-electron chi connectivity index (χ3n) is 4.01. The zero-order valence-corrected chi connectivity index (χ0v) is 17.9. The van der Waals surface area contributed by atoms with Crippen LogP contribution in [0.1, 0.15) is 12.1 Å². The number of carbonyl (C=O) groups excluding carboxylic acids is 2. The summed E-state index contributed by atoms with van der Waals surface area (Å²) in [5.41, 5.74) is 2.23. The second-order valence-electron chi connectivity index (χ2n) is 6.27. The van der Waals surface area contributed by atoms with E-state index in [2.05, 4.69) is 25.9 Å². The van der Waals surface area contributed by atoms with Gasteiger partial charge in [0, 0.05) is 22.5 Å². The third-order valence-corrected chi connectivity index (χ3v) is 5.98. The van der Waals surface area contributed by atoms with E-state index in [-0.39, 0.29) is 18.4 Å². The average Bonchev–Trinajstić information content (AvgIpc) is 3.32. The van der Waals surface area contributed by atoms with Crippen LogP contribution in [0.4, 0.5) is 20.7 Å². The molecule has 0 unspecified atom stereocenters. The Labute approximate surface area is 185 Å². The Morgan fingerprint density at radius 1 is 0.967 bits per heavy atom. The summed E-state index contributed by atoms with van der Waals surface area (Å²) in [5, 5.41) is 11.7. The lowest BCUT2D eigenvalue weighted by Gasteiger charge is -2.04. The highest BCUT2D eigenvalue weighted by Gasteiger charge is 2.11. The first-order valence-electron chi connectivity index (χ1n) is 8.98. The molecule has 3 amide bonds. The number of urea groups is 1. The molecule has 0 atom stereocenters. The molecule has 0 bridgehead atoms. The van der Waals surface area contributed by atoms with Gasteiger partial charge in [-0.25, -0.2) is 14.8 Å². The van der Waals surface area contributed by atoms with E-state index in [9.17, 15) is 9.59 Å². The number of nitrogens with one attached hydrogen (secondary N) is 3. The lowest BCUT2D eigenvalue weighted by Crippen LogP contribution is -2.19. The molecule has 0 spiro atoms. The van der Waals surface area contributed by atoms with Gasteiger partial charge in [-0.1, -0.05) is 41.1 Å². The zero-order chi connectivity index (χ0) is 20.9. The number of aromatic nitrogens is 2. The highest BCUT2D eigenvalue weighted by molar-refractivity contribution is 7.22. The fourth-order valence-electron chi connectivity index (χ4n) is 2.64. The molecular formula is C20H16ClN5O2S2. The maximum absolute atomic E-state index is 12.2. The predicted octanol–water partition coefficient (Wildman–Crippen LogP) is 5.62. The molecular weight excluding hydrogens is 442 g/mol. The van der Waals surface area contributed by atoms with Crippen LogP contribution < -0.4 is 16.0 Å². The third kappa shape index (κ3) is 5.32. The number of amides is 3. The Balaban J connectivity index is 1.27. The van der Waals surface area contributed by atoms with E-state index in [0.717, 1.165) is 15.9 Å². The smallest absolute Gasteiger partial charge is 0.308 e. The van der Waals surface area contributed by atoms with Crippen LogP contribution >= 0.6 is 34.3 Å². The van der Waals surface area contributed by atoms with Crippen molar-refractivity contribution in [1.82, 2.24) is 9.97 Å². The van der Waals surface area contributed by atoms with E-state index in [0.29, 0.717) is 27.4 Å². The summed E-state index contributed by atoms with van der Waals surface area (Å²) in [6.45, 7) is 0. The van der Waals surface area contributed by atoms with E-state index in [4.69, 9.17) is 11.6 Å². The van der Waals surface area contributed by atoms with Crippen molar-refractivity contribution in [2.45, 2.75) is 12.8 Å². The number of benzene rings is 2. The molecule has 152 valence electrons. The molecule has 0 aliphatic carbocycles. The molecule has 0 aliphatic rings. The minimum atomic E-state index is -0.365. The van der Waals surface area contributed by atoms with E-state index < -0.39 is 0 Å². The number of fused-ring (bicyclic) bond motifs is 1. The van der Waals surface area contributed by atoms with Crippen LogP contribution in [-0.4, -0.2) is 21.9 Å². The fraction of sp³-hybridized carbons (Fsp3) is 0.100. The summed E-state index contributed by atoms with van der Waals surface area (Å²) in [5.74, 6) is -0.149. The number of para-hydroxylation sites is 1. The molecule has 30 heavy (non-hydrogen) atoms. The van der Waals surface area contributed by atoms with Gasteiger partial charge in [-0.2, -0.15) is 0 Å². The molecule has 4 aromatic rings. The number of nitrogens with zero attached hydrogens (tertiary/aromatic N) is 2. The maximum atomic E-state index is 12.2. The molecule has 10 heteroatoms. The van der Waals surface area contributed by atoms with Crippen LogP contribution in [-0.2, 0) is 11.2 Å². The van der Waals surface area contributed by atoms with Crippen LogP contribution in [0.25, 0.3) is 10.2 Å². The van der Waals surface area contributed by atoms with Gasteiger partial charge in [0.1, 0.15) is 0 Å². The Hall–Kier alpha value is -3.01. The average molecular weight is 458 g/mol. The van der Waals surface area contributed by atoms with Crippen LogP contribution in [0.3, 0.4) is 0 Å². The summed E-state index contributed by atoms with van der Waals surface area (Å²) in [6, 6.07) is 14.2. The van der Waals surface area contributed by atoms with Gasteiger partial charge in [-0.3, -0.25) is 10.1 Å². The van der Waals surface area contributed by atoms with Crippen molar-refractivity contribution in [2.24, 2.45) is 0 Å². The first-order chi connectivity index (χ1) is 14.5. The van der Waals surface area contributed by atoms with Gasteiger partial charge in [0.2, 0.25) is 5.91 Å². The highest BCUT2D eigenvalue weighted by atomic mass is 35.5. The molecule has 3 N–H and O–H groups in total. The normalized spacial score (nSPS) is 10.7. The van der Waals surface area contributed by atoms with Crippen molar-refractivity contribution in [1.29, 1.82) is 0 Å². The van der Waals surface area contributed by atoms with Gasteiger partial charge in [0.05, 0.1) is 15.9 Å². The summed E-state index contributed by atoms with van der Waals surface area (Å²) in [4.78, 5) is 33.0. The lowest BCUT2D eigenvalue weighted by atomic mass is 10.2. The number of carbonyl (C=O) groups is 2. The van der Waals surface area contributed by atoms with Gasteiger partial charge < -0.3 is 10.6 Å². The van der Waals surface area contributed by atoms with Crippen LogP contribution in [0.2, 0.25) is 5.02 Å². The minimum absolute atomic E-state index is 0.149. The van der Waals surface area contributed by atoms with E-state index in [1.165, 1.54) is 22.7 Å². The van der Waals surface area contributed by atoms with Gasteiger partial charge >= 0.3 is 6.03 Å². The SMILES string of the molecule is O=C(CCc1csc(NC(=O)Nc2ccccc2)n1)Nc1nc2ccc(Cl)cc2s1. The lowest BCUT2D eigenvalue weighted by molar-refractivity contribution is -0.116. The van der Waals surface area contributed by atoms with E-state index in [1.807, 2.05) is 35.7 Å². The number of hydrogen-bond acceptors (Lipinski definition) is 6. The second-order valence-corrected chi connectivity index (χ2v) is 8.59. The predicted molar refractivity (Wildman–Crippen MR) is 123 cm³/mol. The zero-order valence-electron chi connectivity index (χ0n) is 15.5. The number of hydrogen-bond donors (Lipinski definition) is 3. The quantitative estimate of drug-likeness (QED) is 0.350. The van der Waals surface area contributed by atoms with Gasteiger partial charge in [-0.15, -0.1) is 11.3 Å².